The van der Waals surface area contributed by atoms with Gasteiger partial charge in [0, 0.05) is 0 Å². The van der Waals surface area contributed by atoms with Crippen molar-refractivity contribution in [2.75, 3.05) is 13.1 Å². The minimum absolute atomic E-state index is 1.16. The molecule has 0 aliphatic carbocycles. The van der Waals surface area contributed by atoms with Gasteiger partial charge >= 0.3 is 0 Å². The molecule has 0 unspecified atom stereocenters. The van der Waals surface area contributed by atoms with Gasteiger partial charge in [-0.2, -0.15) is 0 Å². The third-order valence-corrected chi connectivity index (χ3v) is 20.2. The predicted octanol–water partition coefficient (Wildman–Crippen LogP) is 6.49. The maximum atomic E-state index is 2.94. The van der Waals surface area contributed by atoms with Gasteiger partial charge in [-0.05, 0) is 25.9 Å². The molecule has 0 amide bonds. The van der Waals surface area contributed by atoms with E-state index in [1.165, 1.54) is 38.8 Å². The standard InChI is InChI=1S/C18H48N2Si4/c1-21(2,3)19(22(4,5)6)17-15-13-14-16-18-20(23(7,8)9)24(10,11)12/h13-18H2,1-12H3. The Labute approximate surface area is 158 Å². The van der Waals surface area contributed by atoms with Crippen LogP contribution >= 0.6 is 0 Å². The molecule has 0 bridgehead atoms. The van der Waals surface area contributed by atoms with E-state index in [4.69, 9.17) is 0 Å². The fraction of sp³-hybridized carbons (Fsp3) is 1.00. The van der Waals surface area contributed by atoms with Crippen molar-refractivity contribution in [2.24, 2.45) is 0 Å². The van der Waals surface area contributed by atoms with Crippen LogP contribution in [-0.4, -0.2) is 54.5 Å². The van der Waals surface area contributed by atoms with Crippen LogP contribution in [0, 0.1) is 0 Å². The van der Waals surface area contributed by atoms with Gasteiger partial charge in [-0.3, -0.25) is 0 Å². The maximum Gasteiger partial charge on any atom is 0.112 e. The van der Waals surface area contributed by atoms with Crippen LogP contribution in [0.4, 0.5) is 0 Å². The summed E-state index contributed by atoms with van der Waals surface area (Å²) in [4.78, 5) is 0. The summed E-state index contributed by atoms with van der Waals surface area (Å²) >= 11 is 0. The summed E-state index contributed by atoms with van der Waals surface area (Å²) in [7, 11) is -4.64. The summed E-state index contributed by atoms with van der Waals surface area (Å²) in [5.41, 5.74) is 0. The van der Waals surface area contributed by atoms with Gasteiger partial charge in [0.05, 0.1) is 0 Å². The monoisotopic (exact) mass is 404 g/mol. The molecule has 0 spiro atoms. The van der Waals surface area contributed by atoms with E-state index in [2.05, 4.69) is 87.0 Å². The van der Waals surface area contributed by atoms with Crippen molar-refractivity contribution in [1.29, 1.82) is 0 Å². The van der Waals surface area contributed by atoms with E-state index >= 15 is 0 Å². The number of hydrogen-bond donors (Lipinski definition) is 0. The molecule has 0 aliphatic rings. The number of unbranched alkanes of at least 4 members (excludes halogenated alkanes) is 3. The normalized spacial score (nSPS) is 14.8. The average molecular weight is 405 g/mol. The fourth-order valence-corrected chi connectivity index (χ4v) is 23.7. The van der Waals surface area contributed by atoms with Crippen molar-refractivity contribution >= 4 is 32.9 Å². The zero-order valence-electron chi connectivity index (χ0n) is 19.1. The Balaban J connectivity index is 4.31. The molecule has 0 atom stereocenters. The molecule has 0 aromatic rings. The molecule has 0 radical (unpaired) electrons. The molecule has 146 valence electrons. The molecule has 24 heavy (non-hydrogen) atoms. The SMILES string of the molecule is C[Si](C)(C)N(CCCCCCN([Si](C)(C)C)[Si](C)(C)C)[Si](C)(C)C. The van der Waals surface area contributed by atoms with Crippen LogP contribution in [0.1, 0.15) is 25.7 Å². The van der Waals surface area contributed by atoms with E-state index < -0.39 is 32.9 Å². The molecule has 0 aliphatic heterocycles. The van der Waals surface area contributed by atoms with Gasteiger partial charge in [-0.15, -0.1) is 0 Å². The number of hydrogen-bond acceptors (Lipinski definition) is 2. The third-order valence-electron chi connectivity index (χ3n) is 4.75. The van der Waals surface area contributed by atoms with Crippen molar-refractivity contribution in [3.05, 3.63) is 0 Å². The molecular formula is C18H48N2Si4. The van der Waals surface area contributed by atoms with Gasteiger partial charge in [0.15, 0.2) is 0 Å². The van der Waals surface area contributed by atoms with Gasteiger partial charge in [0.2, 0.25) is 0 Å². The summed E-state index contributed by atoms with van der Waals surface area (Å²) < 4.78 is 5.88. The molecular weight excluding hydrogens is 357 g/mol. The zero-order chi connectivity index (χ0) is 19.4. The highest BCUT2D eigenvalue weighted by atomic mass is 28.4. The lowest BCUT2D eigenvalue weighted by molar-refractivity contribution is 0.510. The Morgan fingerprint density at radius 1 is 0.375 bits per heavy atom. The maximum absolute atomic E-state index is 2.94. The molecule has 0 saturated carbocycles. The van der Waals surface area contributed by atoms with Crippen LogP contribution < -0.4 is 0 Å². The molecule has 0 aromatic heterocycles. The summed E-state index contributed by atoms with van der Waals surface area (Å²) in [6.07, 6.45) is 5.62. The second-order valence-corrected chi connectivity index (χ2v) is 31.8. The average Bonchev–Trinajstić information content (AvgIpc) is 2.25. The lowest BCUT2D eigenvalue weighted by atomic mass is 10.2. The van der Waals surface area contributed by atoms with E-state index in [0.717, 1.165) is 0 Å². The van der Waals surface area contributed by atoms with Crippen LogP contribution in [-0.2, 0) is 0 Å². The highest BCUT2D eigenvalue weighted by molar-refractivity contribution is 6.90. The number of nitrogens with zero attached hydrogens (tertiary/aromatic N) is 2. The largest absolute Gasteiger partial charge is 0.346 e. The predicted molar refractivity (Wildman–Crippen MR) is 125 cm³/mol. The van der Waals surface area contributed by atoms with E-state index in [0.29, 0.717) is 0 Å². The molecule has 0 N–H and O–H groups in total. The Hall–Kier alpha value is 0.788. The van der Waals surface area contributed by atoms with Crippen LogP contribution in [0.25, 0.3) is 0 Å². The zero-order valence-corrected chi connectivity index (χ0v) is 23.1. The summed E-state index contributed by atoms with van der Waals surface area (Å²) in [6.45, 7) is 32.9. The molecule has 6 heteroatoms. The fourth-order valence-electron chi connectivity index (χ4n) is 4.25. The van der Waals surface area contributed by atoms with Gasteiger partial charge < -0.3 is 8.46 Å². The van der Waals surface area contributed by atoms with Crippen molar-refractivity contribution in [2.45, 2.75) is 104 Å². The first kappa shape index (κ1) is 24.8. The first-order chi connectivity index (χ1) is 10.5. The topological polar surface area (TPSA) is 6.48 Å². The Morgan fingerprint density at radius 2 is 0.583 bits per heavy atom. The third kappa shape index (κ3) is 9.48. The Bertz CT molecular complexity index is 295. The second kappa shape index (κ2) is 9.13. The van der Waals surface area contributed by atoms with Crippen LogP contribution in [0.2, 0.25) is 78.6 Å². The van der Waals surface area contributed by atoms with E-state index in [1.807, 2.05) is 0 Å². The second-order valence-electron chi connectivity index (χ2n) is 11.4. The molecule has 2 nitrogen and oxygen atoms in total. The highest BCUT2D eigenvalue weighted by Gasteiger charge is 2.34. The minimum Gasteiger partial charge on any atom is -0.346 e. The van der Waals surface area contributed by atoms with Gasteiger partial charge in [-0.1, -0.05) is 91.4 Å². The van der Waals surface area contributed by atoms with E-state index in [-0.39, 0.29) is 0 Å². The van der Waals surface area contributed by atoms with Crippen molar-refractivity contribution < 1.29 is 0 Å². The summed E-state index contributed by atoms with van der Waals surface area (Å²) in [5.74, 6) is 0. The van der Waals surface area contributed by atoms with Crippen molar-refractivity contribution in [3.8, 4) is 0 Å². The lowest BCUT2D eigenvalue weighted by Crippen LogP contribution is -2.59. The van der Waals surface area contributed by atoms with Gasteiger partial charge in [-0.25, -0.2) is 0 Å². The highest BCUT2D eigenvalue weighted by Crippen LogP contribution is 2.22. The van der Waals surface area contributed by atoms with Crippen molar-refractivity contribution in [3.63, 3.8) is 0 Å². The first-order valence-electron chi connectivity index (χ1n) is 10.0. The molecule has 0 aromatic carbocycles. The van der Waals surface area contributed by atoms with Crippen LogP contribution in [0.5, 0.6) is 0 Å². The molecule has 0 heterocycles. The molecule has 0 saturated heterocycles. The van der Waals surface area contributed by atoms with Crippen molar-refractivity contribution in [1.82, 2.24) is 8.46 Å². The Kier molecular flexibility index (Phi) is 9.43. The van der Waals surface area contributed by atoms with Crippen LogP contribution in [0.3, 0.4) is 0 Å². The van der Waals surface area contributed by atoms with E-state index in [1.54, 1.807) is 0 Å². The van der Waals surface area contributed by atoms with E-state index in [9.17, 15) is 0 Å². The quantitative estimate of drug-likeness (QED) is 0.287. The molecule has 0 rings (SSSR count). The summed E-state index contributed by atoms with van der Waals surface area (Å²) in [6, 6.07) is 0. The minimum atomic E-state index is -1.16. The Morgan fingerprint density at radius 3 is 0.750 bits per heavy atom. The number of rotatable bonds is 11. The smallest absolute Gasteiger partial charge is 0.112 e. The lowest BCUT2D eigenvalue weighted by Gasteiger charge is -2.44. The van der Waals surface area contributed by atoms with Crippen LogP contribution in [0.15, 0.2) is 0 Å². The van der Waals surface area contributed by atoms with Gasteiger partial charge in [0.25, 0.3) is 0 Å². The molecule has 0 fully saturated rings. The first-order valence-corrected chi connectivity index (χ1v) is 23.8. The van der Waals surface area contributed by atoms with Gasteiger partial charge in [0.1, 0.15) is 32.9 Å². The summed E-state index contributed by atoms with van der Waals surface area (Å²) in [5, 5.41) is 0.